The summed E-state index contributed by atoms with van der Waals surface area (Å²) in [4.78, 5) is 26.9. The Morgan fingerprint density at radius 1 is 1.05 bits per heavy atom. The molecule has 2 aromatic carbocycles. The number of aryl methyl sites for hydroxylation is 1. The highest BCUT2D eigenvalue weighted by Gasteiger charge is 2.29. The number of hydrogen-bond acceptors (Lipinski definition) is 8. The number of H-pyrrole nitrogens is 1. The predicted molar refractivity (Wildman–Crippen MR) is 147 cm³/mol. The number of ketones is 1. The van der Waals surface area contributed by atoms with Gasteiger partial charge in [0.1, 0.15) is 11.5 Å². The first-order chi connectivity index (χ1) is 19.6. The van der Waals surface area contributed by atoms with Crippen LogP contribution in [0.3, 0.4) is 0 Å². The van der Waals surface area contributed by atoms with Crippen molar-refractivity contribution >= 4 is 11.7 Å². The average Bonchev–Trinajstić information content (AvgIpc) is 3.77. The van der Waals surface area contributed by atoms with Crippen LogP contribution in [-0.4, -0.2) is 62.4 Å². The number of rotatable bonds is 12. The summed E-state index contributed by atoms with van der Waals surface area (Å²) in [7, 11) is 3.21. The molecular formula is C29H33N7O4. The molecular weight excluding hydrogens is 510 g/mol. The van der Waals surface area contributed by atoms with Crippen LogP contribution in [0.1, 0.15) is 60.0 Å². The molecule has 1 aliphatic rings. The van der Waals surface area contributed by atoms with Crippen molar-refractivity contribution in [1.82, 2.24) is 35.7 Å². The smallest absolute Gasteiger partial charge is 0.272 e. The highest BCUT2D eigenvalue weighted by atomic mass is 16.5. The normalized spacial score (nSPS) is 14.2. The van der Waals surface area contributed by atoms with Crippen LogP contribution >= 0.6 is 0 Å². The number of carbonyl (C=O) groups is 2. The average molecular weight is 544 g/mol. The second kappa shape index (κ2) is 12.5. The van der Waals surface area contributed by atoms with Crippen LogP contribution in [0.15, 0.2) is 54.6 Å². The summed E-state index contributed by atoms with van der Waals surface area (Å²) in [5.74, 6) is 0.905. The molecule has 1 aliphatic carbocycles. The van der Waals surface area contributed by atoms with Gasteiger partial charge in [0.05, 0.1) is 44.0 Å². The zero-order valence-electron chi connectivity index (χ0n) is 22.7. The Morgan fingerprint density at radius 2 is 1.77 bits per heavy atom. The SMILES string of the molecule is COc1cccc(OC)c1-c1cc(C(=O)N[C@@H](CCc2ccccc2)C(=O)Cc2nn[nH]n2)nn1C1CCCC1. The number of benzene rings is 2. The van der Waals surface area contributed by atoms with Crippen molar-refractivity contribution < 1.29 is 19.1 Å². The molecule has 0 bridgehead atoms. The van der Waals surface area contributed by atoms with E-state index < -0.39 is 11.9 Å². The Labute approximate surface area is 232 Å². The lowest BCUT2D eigenvalue weighted by Crippen LogP contribution is -2.42. The van der Waals surface area contributed by atoms with Crippen molar-refractivity contribution in [3.05, 3.63) is 71.7 Å². The third-order valence-corrected chi connectivity index (χ3v) is 7.30. The first kappa shape index (κ1) is 27.0. The molecule has 2 heterocycles. The number of nitrogens with one attached hydrogen (secondary N) is 2. The van der Waals surface area contributed by atoms with Gasteiger partial charge in [-0.15, -0.1) is 10.2 Å². The van der Waals surface area contributed by atoms with Gasteiger partial charge < -0.3 is 14.8 Å². The van der Waals surface area contributed by atoms with E-state index in [-0.39, 0.29) is 29.8 Å². The van der Waals surface area contributed by atoms with E-state index in [1.807, 2.05) is 53.2 Å². The highest BCUT2D eigenvalue weighted by molar-refractivity contribution is 5.98. The Morgan fingerprint density at radius 3 is 2.42 bits per heavy atom. The molecule has 1 atom stereocenters. The van der Waals surface area contributed by atoms with Crippen molar-refractivity contribution in [3.8, 4) is 22.8 Å². The Bertz CT molecular complexity index is 1410. The van der Waals surface area contributed by atoms with E-state index in [1.54, 1.807) is 20.3 Å². The molecule has 40 heavy (non-hydrogen) atoms. The minimum atomic E-state index is -0.757. The zero-order valence-corrected chi connectivity index (χ0v) is 22.7. The van der Waals surface area contributed by atoms with Gasteiger partial charge >= 0.3 is 0 Å². The first-order valence-corrected chi connectivity index (χ1v) is 13.5. The van der Waals surface area contributed by atoms with Gasteiger partial charge in [0.25, 0.3) is 5.91 Å². The minimum Gasteiger partial charge on any atom is -0.496 e. The molecule has 5 rings (SSSR count). The number of aromatic amines is 1. The molecule has 2 aromatic heterocycles. The summed E-state index contributed by atoms with van der Waals surface area (Å²) >= 11 is 0. The third-order valence-electron chi connectivity index (χ3n) is 7.30. The highest BCUT2D eigenvalue weighted by Crippen LogP contribution is 2.41. The van der Waals surface area contributed by atoms with Crippen molar-refractivity contribution in [2.24, 2.45) is 0 Å². The quantitative estimate of drug-likeness (QED) is 0.276. The number of nitrogens with zero attached hydrogens (tertiary/aromatic N) is 5. The largest absolute Gasteiger partial charge is 0.496 e. The predicted octanol–water partition coefficient (Wildman–Crippen LogP) is 3.74. The van der Waals surface area contributed by atoms with Gasteiger partial charge in [0.15, 0.2) is 17.3 Å². The van der Waals surface area contributed by atoms with Crippen LogP contribution < -0.4 is 14.8 Å². The second-order valence-corrected chi connectivity index (χ2v) is 9.86. The zero-order chi connectivity index (χ0) is 27.9. The van der Waals surface area contributed by atoms with Gasteiger partial charge in [-0.05, 0) is 49.4 Å². The van der Waals surface area contributed by atoms with Crippen molar-refractivity contribution in [2.75, 3.05) is 14.2 Å². The van der Waals surface area contributed by atoms with Gasteiger partial charge in [-0.25, -0.2) is 0 Å². The monoisotopic (exact) mass is 543 g/mol. The topological polar surface area (TPSA) is 137 Å². The lowest BCUT2D eigenvalue weighted by Gasteiger charge is -2.18. The van der Waals surface area contributed by atoms with Gasteiger partial charge in [-0.3, -0.25) is 14.3 Å². The van der Waals surface area contributed by atoms with E-state index >= 15 is 0 Å². The van der Waals surface area contributed by atoms with Crippen LogP contribution in [0.5, 0.6) is 11.5 Å². The number of carbonyl (C=O) groups excluding carboxylic acids is 2. The van der Waals surface area contributed by atoms with E-state index in [2.05, 4.69) is 25.9 Å². The molecule has 1 saturated carbocycles. The summed E-state index contributed by atoms with van der Waals surface area (Å²) in [6.07, 6.45) is 5.12. The fourth-order valence-corrected chi connectivity index (χ4v) is 5.26. The number of hydrogen-bond donors (Lipinski definition) is 2. The lowest BCUT2D eigenvalue weighted by atomic mass is 10.00. The molecule has 0 spiro atoms. The number of Topliss-reactive ketones (excluding diaryl/α,β-unsaturated/α-hetero) is 1. The summed E-state index contributed by atoms with van der Waals surface area (Å²) in [5.41, 5.74) is 2.78. The Hall–Kier alpha value is -4.54. The summed E-state index contributed by atoms with van der Waals surface area (Å²) in [5, 5.41) is 21.4. The van der Waals surface area contributed by atoms with Gasteiger partial charge in [-0.1, -0.05) is 54.5 Å². The van der Waals surface area contributed by atoms with Crippen LogP contribution in [0, 0.1) is 0 Å². The van der Waals surface area contributed by atoms with Crippen molar-refractivity contribution in [3.63, 3.8) is 0 Å². The van der Waals surface area contributed by atoms with Crippen LogP contribution in [-0.2, 0) is 17.6 Å². The van der Waals surface area contributed by atoms with E-state index in [4.69, 9.17) is 14.6 Å². The molecule has 1 fully saturated rings. The molecule has 0 saturated heterocycles. The first-order valence-electron chi connectivity index (χ1n) is 13.5. The fraction of sp³-hybridized carbons (Fsp3) is 0.379. The number of ether oxygens (including phenoxy) is 2. The summed E-state index contributed by atoms with van der Waals surface area (Å²) in [6.45, 7) is 0. The molecule has 11 heteroatoms. The third kappa shape index (κ3) is 6.03. The van der Waals surface area contributed by atoms with Crippen LogP contribution in [0.4, 0.5) is 0 Å². The molecule has 4 aromatic rings. The molecule has 1 amide bonds. The Kier molecular flexibility index (Phi) is 8.48. The van der Waals surface area contributed by atoms with E-state index in [9.17, 15) is 9.59 Å². The summed E-state index contributed by atoms with van der Waals surface area (Å²) < 4.78 is 13.2. The van der Waals surface area contributed by atoms with Gasteiger partial charge in [0, 0.05) is 0 Å². The molecule has 0 aliphatic heterocycles. The maximum Gasteiger partial charge on any atom is 0.272 e. The molecule has 11 nitrogen and oxygen atoms in total. The summed E-state index contributed by atoms with van der Waals surface area (Å²) in [6, 6.07) is 16.6. The van der Waals surface area contributed by atoms with Gasteiger partial charge in [-0.2, -0.15) is 10.3 Å². The standard InChI is InChI=1S/C29H33N7O4/c1-39-25-13-8-14-26(40-2)28(25)23-17-22(33-36(23)20-11-6-7-12-20)29(38)30-21(16-15-19-9-4-3-5-10-19)24(37)18-27-31-34-35-32-27/h3-5,8-10,13-14,17,20-21H,6-7,11-12,15-16,18H2,1-2H3,(H,30,38)(H,31,32,34,35)/t21-/m0/s1. The molecule has 0 radical (unpaired) electrons. The molecule has 208 valence electrons. The number of amides is 1. The van der Waals surface area contributed by atoms with Crippen molar-refractivity contribution in [1.29, 1.82) is 0 Å². The van der Waals surface area contributed by atoms with Crippen LogP contribution in [0.2, 0.25) is 0 Å². The maximum absolute atomic E-state index is 13.6. The maximum atomic E-state index is 13.6. The molecule has 2 N–H and O–H groups in total. The molecule has 0 unspecified atom stereocenters. The minimum absolute atomic E-state index is 0.0452. The number of methoxy groups -OCH3 is 2. The van der Waals surface area contributed by atoms with Gasteiger partial charge in [0.2, 0.25) is 0 Å². The van der Waals surface area contributed by atoms with Crippen molar-refractivity contribution in [2.45, 2.75) is 57.0 Å². The van der Waals surface area contributed by atoms with E-state index in [0.29, 0.717) is 24.3 Å². The fourth-order valence-electron chi connectivity index (χ4n) is 5.26. The van der Waals surface area contributed by atoms with E-state index in [0.717, 1.165) is 42.5 Å². The number of tetrazole rings is 1. The van der Waals surface area contributed by atoms with Crippen LogP contribution in [0.25, 0.3) is 11.3 Å². The second-order valence-electron chi connectivity index (χ2n) is 9.86. The van der Waals surface area contributed by atoms with E-state index in [1.165, 1.54) is 0 Å². The Balaban J connectivity index is 1.45. The number of aromatic nitrogens is 6. The lowest BCUT2D eigenvalue weighted by molar-refractivity contribution is -0.120.